The van der Waals surface area contributed by atoms with Gasteiger partial charge in [0.2, 0.25) is 0 Å². The van der Waals surface area contributed by atoms with Gasteiger partial charge in [-0.3, -0.25) is 0 Å². The van der Waals surface area contributed by atoms with Crippen LogP contribution in [0, 0.1) is 0 Å². The molecule has 172 valence electrons. The van der Waals surface area contributed by atoms with Crippen LogP contribution < -0.4 is 14.2 Å². The van der Waals surface area contributed by atoms with E-state index >= 15 is 0 Å². The third kappa shape index (κ3) is 5.44. The Hall–Kier alpha value is -2.96. The molecule has 2 aromatic carbocycles. The van der Waals surface area contributed by atoms with E-state index in [1.807, 2.05) is 12.1 Å². The van der Waals surface area contributed by atoms with Crippen molar-refractivity contribution in [1.82, 2.24) is 0 Å². The van der Waals surface area contributed by atoms with Crippen molar-refractivity contribution in [1.29, 1.82) is 0 Å². The van der Waals surface area contributed by atoms with E-state index in [4.69, 9.17) is 23.7 Å². The van der Waals surface area contributed by atoms with Crippen LogP contribution in [0.2, 0.25) is 0 Å². The van der Waals surface area contributed by atoms with Gasteiger partial charge in [-0.15, -0.1) is 0 Å². The summed E-state index contributed by atoms with van der Waals surface area (Å²) in [6.45, 7) is 0. The van der Waals surface area contributed by atoms with E-state index in [9.17, 15) is 9.59 Å². The number of benzene rings is 2. The molecule has 0 saturated heterocycles. The molecule has 2 saturated carbocycles. The number of fused-ring (bicyclic) bond motifs is 1. The summed E-state index contributed by atoms with van der Waals surface area (Å²) in [7, 11) is 1.47. The second kappa shape index (κ2) is 10.6. The summed E-state index contributed by atoms with van der Waals surface area (Å²) in [5, 5.41) is 1.18. The van der Waals surface area contributed by atoms with Gasteiger partial charge in [0.15, 0.2) is 11.5 Å². The number of ether oxygens (including phenoxy) is 5. The molecule has 0 amide bonds. The number of carbonyl (C=O) groups is 2. The molecule has 0 aliphatic heterocycles. The van der Waals surface area contributed by atoms with Gasteiger partial charge in [0, 0.05) is 16.8 Å². The predicted molar refractivity (Wildman–Crippen MR) is 118 cm³/mol. The van der Waals surface area contributed by atoms with Crippen molar-refractivity contribution in [3.05, 3.63) is 30.3 Å². The third-order valence-corrected chi connectivity index (χ3v) is 6.15. The molecule has 2 aliphatic rings. The van der Waals surface area contributed by atoms with Crippen molar-refractivity contribution < 1.29 is 33.3 Å². The molecule has 0 atom stereocenters. The second-order valence-corrected chi connectivity index (χ2v) is 8.41. The highest BCUT2D eigenvalue weighted by Crippen LogP contribution is 2.42. The third-order valence-electron chi connectivity index (χ3n) is 6.15. The number of hydrogen-bond donors (Lipinski definition) is 0. The largest absolute Gasteiger partial charge is 0.514 e. The minimum atomic E-state index is -0.759. The minimum absolute atomic E-state index is 0.110. The van der Waals surface area contributed by atoms with Gasteiger partial charge in [0.05, 0.1) is 7.11 Å². The lowest BCUT2D eigenvalue weighted by molar-refractivity contribution is 0.0400. The molecule has 0 aromatic heterocycles. The molecular formula is C25H30O7. The Labute approximate surface area is 187 Å². The summed E-state index contributed by atoms with van der Waals surface area (Å²) in [6.07, 6.45) is 8.22. The fourth-order valence-corrected chi connectivity index (χ4v) is 4.49. The fraction of sp³-hybridized carbons (Fsp3) is 0.520. The van der Waals surface area contributed by atoms with Crippen molar-refractivity contribution >= 4 is 23.1 Å². The molecule has 0 spiro atoms. The smallest absolute Gasteiger partial charge is 0.493 e. The fourth-order valence-electron chi connectivity index (χ4n) is 4.49. The standard InChI is InChI=1S/C25H30O7/c1-28-22-16-21(31-24(26)29-17-10-4-2-5-11-17)19-14-8-9-15-20(19)23(22)32-25(27)30-18-12-6-3-7-13-18/h8-9,14-18H,2-7,10-13H2,1H3. The molecule has 0 heterocycles. The van der Waals surface area contributed by atoms with Gasteiger partial charge in [0.1, 0.15) is 18.0 Å². The molecule has 32 heavy (non-hydrogen) atoms. The summed E-state index contributed by atoms with van der Waals surface area (Å²) in [5.41, 5.74) is 0. The van der Waals surface area contributed by atoms with Crippen molar-refractivity contribution in [2.45, 2.75) is 76.4 Å². The van der Waals surface area contributed by atoms with Crippen LogP contribution in [0.1, 0.15) is 64.2 Å². The Balaban J connectivity index is 1.53. The van der Waals surface area contributed by atoms with Gasteiger partial charge in [-0.1, -0.05) is 37.1 Å². The predicted octanol–water partition coefficient (Wildman–Crippen LogP) is 6.54. The van der Waals surface area contributed by atoms with Gasteiger partial charge in [-0.2, -0.15) is 0 Å². The maximum Gasteiger partial charge on any atom is 0.514 e. The zero-order chi connectivity index (χ0) is 22.3. The Bertz CT molecular complexity index is 943. The van der Waals surface area contributed by atoms with Crippen LogP contribution in [0.4, 0.5) is 9.59 Å². The van der Waals surface area contributed by atoms with Crippen LogP contribution in [0.25, 0.3) is 10.8 Å². The van der Waals surface area contributed by atoms with Crippen LogP contribution >= 0.6 is 0 Å². The highest BCUT2D eigenvalue weighted by atomic mass is 16.7. The molecular weight excluding hydrogens is 412 g/mol. The first-order valence-corrected chi connectivity index (χ1v) is 11.5. The Morgan fingerprint density at radius 3 is 1.81 bits per heavy atom. The number of rotatable bonds is 5. The lowest BCUT2D eigenvalue weighted by Gasteiger charge is -2.22. The molecule has 0 radical (unpaired) electrons. The summed E-state index contributed by atoms with van der Waals surface area (Å²) in [6, 6.07) is 8.73. The van der Waals surface area contributed by atoms with Crippen LogP contribution in [0.3, 0.4) is 0 Å². The van der Waals surface area contributed by atoms with E-state index in [-0.39, 0.29) is 29.5 Å². The topological polar surface area (TPSA) is 80.3 Å². The van der Waals surface area contributed by atoms with Gasteiger partial charge >= 0.3 is 12.3 Å². The molecule has 2 aromatic rings. The first kappa shape index (κ1) is 22.2. The number of methoxy groups -OCH3 is 1. The first-order valence-electron chi connectivity index (χ1n) is 11.5. The highest BCUT2D eigenvalue weighted by Gasteiger charge is 2.24. The minimum Gasteiger partial charge on any atom is -0.493 e. The van der Waals surface area contributed by atoms with Crippen molar-refractivity contribution in [2.75, 3.05) is 7.11 Å². The summed E-state index contributed by atoms with van der Waals surface area (Å²) >= 11 is 0. The first-order chi connectivity index (χ1) is 15.6. The molecule has 2 fully saturated rings. The molecule has 7 heteroatoms. The van der Waals surface area contributed by atoms with E-state index in [0.717, 1.165) is 57.8 Å². The Morgan fingerprint density at radius 2 is 1.25 bits per heavy atom. The van der Waals surface area contributed by atoms with Crippen LogP contribution in [0.5, 0.6) is 17.2 Å². The zero-order valence-electron chi connectivity index (χ0n) is 18.5. The van der Waals surface area contributed by atoms with E-state index in [0.29, 0.717) is 10.8 Å². The summed E-state index contributed by atoms with van der Waals surface area (Å²) < 4.78 is 27.6. The Morgan fingerprint density at radius 1 is 0.719 bits per heavy atom. The molecule has 0 N–H and O–H groups in total. The van der Waals surface area contributed by atoms with Crippen LogP contribution in [-0.2, 0) is 9.47 Å². The van der Waals surface area contributed by atoms with Gasteiger partial charge < -0.3 is 23.7 Å². The lowest BCUT2D eigenvalue weighted by Crippen LogP contribution is -2.23. The van der Waals surface area contributed by atoms with Crippen molar-refractivity contribution in [2.24, 2.45) is 0 Å². The quantitative estimate of drug-likeness (QED) is 0.384. The van der Waals surface area contributed by atoms with Crippen molar-refractivity contribution in [3.63, 3.8) is 0 Å². The van der Waals surface area contributed by atoms with E-state index in [1.165, 1.54) is 19.6 Å². The van der Waals surface area contributed by atoms with Crippen LogP contribution in [0.15, 0.2) is 30.3 Å². The molecule has 4 rings (SSSR count). The van der Waals surface area contributed by atoms with Gasteiger partial charge in [-0.25, -0.2) is 9.59 Å². The maximum absolute atomic E-state index is 12.5. The average molecular weight is 443 g/mol. The van der Waals surface area contributed by atoms with Gasteiger partial charge in [0.25, 0.3) is 0 Å². The van der Waals surface area contributed by atoms with Crippen molar-refractivity contribution in [3.8, 4) is 17.2 Å². The maximum atomic E-state index is 12.5. The summed E-state index contributed by atoms with van der Waals surface area (Å²) in [5.74, 6) is 0.785. The summed E-state index contributed by atoms with van der Waals surface area (Å²) in [4.78, 5) is 24.9. The normalized spacial score (nSPS) is 17.5. The molecule has 2 aliphatic carbocycles. The molecule has 7 nitrogen and oxygen atoms in total. The SMILES string of the molecule is COc1cc(OC(=O)OC2CCCCC2)c2ccccc2c1OC(=O)OC1CCCCC1. The lowest BCUT2D eigenvalue weighted by atomic mass is 9.98. The molecule has 0 unspecified atom stereocenters. The van der Waals surface area contributed by atoms with E-state index in [2.05, 4.69) is 0 Å². The van der Waals surface area contributed by atoms with E-state index in [1.54, 1.807) is 12.1 Å². The molecule has 0 bridgehead atoms. The monoisotopic (exact) mass is 442 g/mol. The second-order valence-electron chi connectivity index (χ2n) is 8.41. The average Bonchev–Trinajstić information content (AvgIpc) is 2.81. The zero-order valence-corrected chi connectivity index (χ0v) is 18.5. The Kier molecular flexibility index (Phi) is 7.35. The van der Waals surface area contributed by atoms with Gasteiger partial charge in [-0.05, 0) is 51.4 Å². The number of carbonyl (C=O) groups excluding carboxylic acids is 2. The van der Waals surface area contributed by atoms with Crippen LogP contribution in [-0.4, -0.2) is 31.6 Å². The van der Waals surface area contributed by atoms with E-state index < -0.39 is 12.3 Å². The highest BCUT2D eigenvalue weighted by molar-refractivity contribution is 5.97. The number of hydrogen-bond acceptors (Lipinski definition) is 7.